The molecule has 0 atom stereocenters. The summed E-state index contributed by atoms with van der Waals surface area (Å²) in [4.78, 5) is 19.1. The summed E-state index contributed by atoms with van der Waals surface area (Å²) in [7, 11) is 1.56. The molecule has 2 aromatic rings. The van der Waals surface area contributed by atoms with E-state index in [9.17, 15) is 9.18 Å². The molecular formula is C24H32FN5O2. The molecule has 3 heterocycles. The van der Waals surface area contributed by atoms with Crippen LogP contribution in [0.3, 0.4) is 0 Å². The number of halogens is 1. The van der Waals surface area contributed by atoms with E-state index in [4.69, 9.17) is 10.5 Å². The van der Waals surface area contributed by atoms with Crippen LogP contribution in [0.4, 0.5) is 10.1 Å². The summed E-state index contributed by atoms with van der Waals surface area (Å²) in [5, 5.41) is 3.52. The van der Waals surface area contributed by atoms with E-state index in [2.05, 4.69) is 21.8 Å². The van der Waals surface area contributed by atoms with Gasteiger partial charge in [-0.05, 0) is 57.1 Å². The van der Waals surface area contributed by atoms with Crippen LogP contribution < -0.4 is 16.6 Å². The lowest BCUT2D eigenvalue weighted by Gasteiger charge is -2.32. The predicted molar refractivity (Wildman–Crippen MR) is 126 cm³/mol. The van der Waals surface area contributed by atoms with Gasteiger partial charge in [0.05, 0.1) is 29.9 Å². The zero-order valence-corrected chi connectivity index (χ0v) is 18.8. The smallest absolute Gasteiger partial charge is 0.251 e. The van der Waals surface area contributed by atoms with Crippen LogP contribution in [0.15, 0.2) is 47.5 Å². The van der Waals surface area contributed by atoms with Crippen LogP contribution in [0.1, 0.15) is 29.9 Å². The molecule has 1 aliphatic rings. The van der Waals surface area contributed by atoms with Crippen LogP contribution in [0.5, 0.6) is 0 Å². The molecule has 32 heavy (non-hydrogen) atoms. The molecule has 0 radical (unpaired) electrons. The van der Waals surface area contributed by atoms with E-state index in [0.29, 0.717) is 42.0 Å². The summed E-state index contributed by atoms with van der Waals surface area (Å²) in [5.41, 5.74) is 8.47. The Balaban J connectivity index is 1.54. The SMILES string of the molecule is C=C/C(=C\c1c(N)ccc(=O)n1CCN1CCC(NCc2ccc(F)c(C)n2)CC1)OC. The number of aryl methyl sites for hydroxylation is 1. The fourth-order valence-corrected chi connectivity index (χ4v) is 3.88. The number of piperidine rings is 1. The van der Waals surface area contributed by atoms with Crippen molar-refractivity contribution in [3.63, 3.8) is 0 Å². The number of pyridine rings is 2. The summed E-state index contributed by atoms with van der Waals surface area (Å²) in [6.07, 6.45) is 5.33. The Morgan fingerprint density at radius 3 is 2.72 bits per heavy atom. The summed E-state index contributed by atoms with van der Waals surface area (Å²) >= 11 is 0. The third kappa shape index (κ3) is 6.05. The topological polar surface area (TPSA) is 85.4 Å². The maximum absolute atomic E-state index is 13.4. The Bertz CT molecular complexity index is 1030. The molecule has 8 heteroatoms. The van der Waals surface area contributed by atoms with Gasteiger partial charge in [-0.3, -0.25) is 9.78 Å². The zero-order valence-electron chi connectivity index (χ0n) is 18.8. The molecule has 1 saturated heterocycles. The number of anilines is 1. The molecule has 0 saturated carbocycles. The minimum Gasteiger partial charge on any atom is -0.497 e. The highest BCUT2D eigenvalue weighted by Gasteiger charge is 2.19. The lowest BCUT2D eigenvalue weighted by Crippen LogP contribution is -2.43. The number of methoxy groups -OCH3 is 1. The molecule has 1 fully saturated rings. The molecule has 7 nitrogen and oxygen atoms in total. The fraction of sp³-hybridized carbons (Fsp3) is 0.417. The van der Waals surface area contributed by atoms with E-state index < -0.39 is 0 Å². The molecule has 1 aliphatic heterocycles. The van der Waals surface area contributed by atoms with Crippen molar-refractivity contribution < 1.29 is 9.13 Å². The Hall–Kier alpha value is -2.97. The van der Waals surface area contributed by atoms with Gasteiger partial charge in [0.2, 0.25) is 0 Å². The molecule has 0 aliphatic carbocycles. The highest BCUT2D eigenvalue weighted by molar-refractivity contribution is 5.63. The first-order valence-corrected chi connectivity index (χ1v) is 10.9. The van der Waals surface area contributed by atoms with Crippen LogP contribution in [-0.4, -0.2) is 47.2 Å². The number of hydrogen-bond acceptors (Lipinski definition) is 6. The van der Waals surface area contributed by atoms with Gasteiger partial charge in [-0.25, -0.2) is 4.39 Å². The van der Waals surface area contributed by atoms with Gasteiger partial charge in [-0.1, -0.05) is 6.58 Å². The van der Waals surface area contributed by atoms with Crippen molar-refractivity contribution in [1.82, 2.24) is 19.8 Å². The normalized spacial score (nSPS) is 15.7. The molecule has 0 aromatic carbocycles. The Morgan fingerprint density at radius 1 is 1.31 bits per heavy atom. The molecule has 0 spiro atoms. The summed E-state index contributed by atoms with van der Waals surface area (Å²) in [6.45, 7) is 9.20. The van der Waals surface area contributed by atoms with Crippen molar-refractivity contribution in [2.45, 2.75) is 38.9 Å². The highest BCUT2D eigenvalue weighted by atomic mass is 19.1. The number of nitrogens with one attached hydrogen (secondary N) is 1. The lowest BCUT2D eigenvalue weighted by atomic mass is 10.0. The number of allylic oxidation sites excluding steroid dienone is 1. The number of likely N-dealkylation sites (tertiary alicyclic amines) is 1. The van der Waals surface area contributed by atoms with Crippen molar-refractivity contribution in [3.8, 4) is 0 Å². The van der Waals surface area contributed by atoms with Crippen LogP contribution in [0.25, 0.3) is 6.08 Å². The zero-order chi connectivity index (χ0) is 23.1. The summed E-state index contributed by atoms with van der Waals surface area (Å²) < 4.78 is 20.3. The lowest BCUT2D eigenvalue weighted by molar-refractivity contribution is 0.190. The second-order valence-corrected chi connectivity index (χ2v) is 7.99. The monoisotopic (exact) mass is 441 g/mol. The second kappa shape index (κ2) is 11.1. The van der Waals surface area contributed by atoms with Crippen LogP contribution in [0, 0.1) is 12.7 Å². The fourth-order valence-electron chi connectivity index (χ4n) is 3.88. The molecule has 2 aromatic heterocycles. The van der Waals surface area contributed by atoms with E-state index in [-0.39, 0.29) is 11.4 Å². The van der Waals surface area contributed by atoms with Crippen molar-refractivity contribution in [3.05, 3.63) is 75.9 Å². The van der Waals surface area contributed by atoms with Crippen LogP contribution in [0.2, 0.25) is 0 Å². The second-order valence-electron chi connectivity index (χ2n) is 7.99. The molecular weight excluding hydrogens is 409 g/mol. The third-order valence-corrected chi connectivity index (χ3v) is 5.85. The number of hydrogen-bond donors (Lipinski definition) is 2. The first-order chi connectivity index (χ1) is 15.4. The van der Waals surface area contributed by atoms with Gasteiger partial charge in [0.25, 0.3) is 5.56 Å². The van der Waals surface area contributed by atoms with Gasteiger partial charge in [0.15, 0.2) is 0 Å². The average molecular weight is 442 g/mol. The summed E-state index contributed by atoms with van der Waals surface area (Å²) in [5.74, 6) is 0.275. The third-order valence-electron chi connectivity index (χ3n) is 5.85. The number of nitrogens with two attached hydrogens (primary N) is 1. The van der Waals surface area contributed by atoms with E-state index in [1.807, 2.05) is 0 Å². The largest absolute Gasteiger partial charge is 0.497 e. The van der Waals surface area contributed by atoms with Crippen molar-refractivity contribution in [2.75, 3.05) is 32.5 Å². The number of aromatic nitrogens is 2. The van der Waals surface area contributed by atoms with E-state index in [1.54, 1.807) is 42.9 Å². The molecule has 0 unspecified atom stereocenters. The van der Waals surface area contributed by atoms with Crippen molar-refractivity contribution >= 4 is 11.8 Å². The molecule has 3 N–H and O–H groups in total. The number of nitrogen functional groups attached to an aromatic ring is 1. The van der Waals surface area contributed by atoms with Gasteiger partial charge in [0, 0.05) is 37.8 Å². The first-order valence-electron chi connectivity index (χ1n) is 10.9. The molecule has 172 valence electrons. The van der Waals surface area contributed by atoms with Gasteiger partial charge in [-0.15, -0.1) is 0 Å². The molecule has 3 rings (SSSR count). The van der Waals surface area contributed by atoms with E-state index in [0.717, 1.165) is 38.2 Å². The minimum absolute atomic E-state index is 0.0939. The molecule has 0 bridgehead atoms. The maximum Gasteiger partial charge on any atom is 0.251 e. The van der Waals surface area contributed by atoms with Gasteiger partial charge in [-0.2, -0.15) is 0 Å². The van der Waals surface area contributed by atoms with Crippen molar-refractivity contribution in [1.29, 1.82) is 0 Å². The Labute approximate surface area is 188 Å². The first kappa shape index (κ1) is 23.7. The van der Waals surface area contributed by atoms with E-state index in [1.165, 1.54) is 12.1 Å². The van der Waals surface area contributed by atoms with Crippen molar-refractivity contribution in [2.24, 2.45) is 0 Å². The highest BCUT2D eigenvalue weighted by Crippen LogP contribution is 2.16. The number of ether oxygens (including phenoxy) is 1. The Kier molecular flexibility index (Phi) is 8.19. The quantitative estimate of drug-likeness (QED) is 0.460. The minimum atomic E-state index is -0.275. The van der Waals surface area contributed by atoms with Gasteiger partial charge >= 0.3 is 0 Å². The average Bonchev–Trinajstić information content (AvgIpc) is 2.80. The molecule has 0 amide bonds. The predicted octanol–water partition coefficient (Wildman–Crippen LogP) is 2.70. The number of nitrogens with zero attached hydrogens (tertiary/aromatic N) is 3. The Morgan fingerprint density at radius 2 is 2.06 bits per heavy atom. The number of rotatable bonds is 9. The van der Waals surface area contributed by atoms with E-state index >= 15 is 0 Å². The van der Waals surface area contributed by atoms with Gasteiger partial charge in [0.1, 0.15) is 11.6 Å². The van der Waals surface area contributed by atoms with Crippen LogP contribution >= 0.6 is 0 Å². The van der Waals surface area contributed by atoms with Crippen LogP contribution in [-0.2, 0) is 17.8 Å². The standard InChI is InChI=1S/C24H32FN5O2/c1-4-20(32-3)15-23-22(26)7-8-24(31)30(23)14-13-29-11-9-18(10-12-29)27-16-19-5-6-21(25)17(2)28-19/h4-8,15,18,27H,1,9-14,16,26H2,2-3H3/b20-15+. The van der Waals surface area contributed by atoms with Gasteiger partial charge < -0.3 is 25.3 Å². The maximum atomic E-state index is 13.4. The summed E-state index contributed by atoms with van der Waals surface area (Å²) in [6, 6.07) is 6.70.